The fourth-order valence-electron chi connectivity index (χ4n) is 1.81. The molecule has 0 aromatic heterocycles. The van der Waals surface area contributed by atoms with Gasteiger partial charge in [-0.1, -0.05) is 46.0 Å². The van der Waals surface area contributed by atoms with Crippen LogP contribution >= 0.6 is 0 Å². The van der Waals surface area contributed by atoms with Gasteiger partial charge in [-0.25, -0.2) is 0 Å². The first kappa shape index (κ1) is 12.0. The molecule has 0 aliphatic heterocycles. The van der Waals surface area contributed by atoms with Gasteiger partial charge < -0.3 is 5.73 Å². The first-order chi connectivity index (χ1) is 5.70. The molecule has 0 saturated carbocycles. The molecule has 2 atom stereocenters. The Labute approximate surface area is 77.7 Å². The van der Waals surface area contributed by atoms with E-state index in [4.69, 9.17) is 5.73 Å². The van der Waals surface area contributed by atoms with Crippen molar-refractivity contribution in [3.8, 4) is 0 Å². The van der Waals surface area contributed by atoms with Crippen molar-refractivity contribution in [2.45, 2.75) is 65.3 Å². The quantitative estimate of drug-likeness (QED) is 0.624. The Morgan fingerprint density at radius 3 is 2.17 bits per heavy atom. The second-order valence-corrected chi connectivity index (χ2v) is 4.01. The van der Waals surface area contributed by atoms with Crippen LogP contribution in [-0.4, -0.2) is 6.04 Å². The van der Waals surface area contributed by atoms with E-state index < -0.39 is 0 Å². The molecule has 0 spiro atoms. The average Bonchev–Trinajstić information content (AvgIpc) is 2.00. The minimum atomic E-state index is 0.387. The van der Waals surface area contributed by atoms with E-state index in [2.05, 4.69) is 20.8 Å². The number of rotatable bonds is 7. The van der Waals surface area contributed by atoms with Gasteiger partial charge in [0.2, 0.25) is 0 Å². The number of nitrogens with two attached hydrogens (primary N) is 1. The third kappa shape index (κ3) is 6.66. The molecule has 0 amide bonds. The maximum Gasteiger partial charge on any atom is 0.00131 e. The summed E-state index contributed by atoms with van der Waals surface area (Å²) < 4.78 is 0. The van der Waals surface area contributed by atoms with Crippen molar-refractivity contribution >= 4 is 0 Å². The summed E-state index contributed by atoms with van der Waals surface area (Å²) in [5.74, 6) is 0.884. The highest BCUT2D eigenvalue weighted by Crippen LogP contribution is 2.19. The molecule has 0 aliphatic carbocycles. The van der Waals surface area contributed by atoms with Crippen LogP contribution in [0.15, 0.2) is 0 Å². The van der Waals surface area contributed by atoms with Gasteiger partial charge in [-0.3, -0.25) is 0 Å². The van der Waals surface area contributed by atoms with Crippen molar-refractivity contribution in [1.29, 1.82) is 0 Å². The lowest BCUT2D eigenvalue weighted by Crippen LogP contribution is -2.19. The molecule has 0 aromatic carbocycles. The van der Waals surface area contributed by atoms with Crippen LogP contribution in [0.25, 0.3) is 0 Å². The molecule has 74 valence electrons. The van der Waals surface area contributed by atoms with Crippen LogP contribution in [0.3, 0.4) is 0 Å². The van der Waals surface area contributed by atoms with Crippen LogP contribution in [0.1, 0.15) is 59.3 Å². The van der Waals surface area contributed by atoms with Crippen LogP contribution in [0.5, 0.6) is 0 Å². The second kappa shape index (κ2) is 7.60. The van der Waals surface area contributed by atoms with Crippen molar-refractivity contribution < 1.29 is 0 Å². The van der Waals surface area contributed by atoms with Crippen LogP contribution in [-0.2, 0) is 0 Å². The van der Waals surface area contributed by atoms with Crippen LogP contribution < -0.4 is 5.73 Å². The molecule has 2 unspecified atom stereocenters. The molecule has 0 saturated heterocycles. The smallest absolute Gasteiger partial charge is 0.00131 e. The Kier molecular flexibility index (Phi) is 7.58. The lowest BCUT2D eigenvalue weighted by atomic mass is 9.91. The number of hydrogen-bond acceptors (Lipinski definition) is 1. The molecule has 1 nitrogen and oxygen atoms in total. The molecular weight excluding hydrogens is 146 g/mol. The predicted octanol–water partition coefficient (Wildman–Crippen LogP) is 3.33. The van der Waals surface area contributed by atoms with E-state index in [9.17, 15) is 0 Å². The van der Waals surface area contributed by atoms with Gasteiger partial charge in [0.1, 0.15) is 0 Å². The fraction of sp³-hybridized carbons (Fsp3) is 1.00. The van der Waals surface area contributed by atoms with Crippen LogP contribution in [0.4, 0.5) is 0 Å². The standard InChI is InChI=1S/C11H25N/c1-4-6-8-11(7-5-2)9-10(3)12/h10-11H,4-9,12H2,1-3H3. The highest BCUT2D eigenvalue weighted by atomic mass is 14.6. The summed E-state index contributed by atoms with van der Waals surface area (Å²) in [6, 6.07) is 0.387. The van der Waals surface area contributed by atoms with Gasteiger partial charge in [-0.15, -0.1) is 0 Å². The molecule has 0 rings (SSSR count). The lowest BCUT2D eigenvalue weighted by Gasteiger charge is -2.17. The largest absolute Gasteiger partial charge is 0.328 e. The fourth-order valence-corrected chi connectivity index (χ4v) is 1.81. The Balaban J connectivity index is 3.54. The van der Waals surface area contributed by atoms with E-state index in [1.165, 1.54) is 38.5 Å². The van der Waals surface area contributed by atoms with Crippen LogP contribution in [0, 0.1) is 5.92 Å². The maximum absolute atomic E-state index is 5.80. The Hall–Kier alpha value is -0.0400. The highest BCUT2D eigenvalue weighted by molar-refractivity contribution is 4.64. The third-order valence-electron chi connectivity index (χ3n) is 2.37. The van der Waals surface area contributed by atoms with Gasteiger partial charge in [0.15, 0.2) is 0 Å². The SMILES string of the molecule is CCCCC(CCC)CC(C)N. The molecule has 12 heavy (non-hydrogen) atoms. The molecular formula is C11H25N. The predicted molar refractivity (Wildman–Crippen MR) is 56.2 cm³/mol. The number of unbranched alkanes of at least 4 members (excludes halogenated alkanes) is 1. The summed E-state index contributed by atoms with van der Waals surface area (Å²) in [6.45, 7) is 6.64. The van der Waals surface area contributed by atoms with E-state index in [1.807, 2.05) is 0 Å². The van der Waals surface area contributed by atoms with Gasteiger partial charge >= 0.3 is 0 Å². The van der Waals surface area contributed by atoms with E-state index in [0.717, 1.165) is 5.92 Å². The minimum absolute atomic E-state index is 0.387. The second-order valence-electron chi connectivity index (χ2n) is 4.01. The summed E-state index contributed by atoms with van der Waals surface area (Å²) >= 11 is 0. The van der Waals surface area contributed by atoms with Gasteiger partial charge in [0.05, 0.1) is 0 Å². The molecule has 0 bridgehead atoms. The number of hydrogen-bond donors (Lipinski definition) is 1. The molecule has 0 aromatic rings. The van der Waals surface area contributed by atoms with Gasteiger partial charge in [0, 0.05) is 6.04 Å². The van der Waals surface area contributed by atoms with E-state index in [1.54, 1.807) is 0 Å². The molecule has 1 heteroatoms. The molecule has 0 heterocycles. The highest BCUT2D eigenvalue weighted by Gasteiger charge is 2.08. The first-order valence-electron chi connectivity index (χ1n) is 5.46. The van der Waals surface area contributed by atoms with Crippen molar-refractivity contribution in [2.24, 2.45) is 11.7 Å². The van der Waals surface area contributed by atoms with Crippen LogP contribution in [0.2, 0.25) is 0 Å². The van der Waals surface area contributed by atoms with Crippen molar-refractivity contribution in [1.82, 2.24) is 0 Å². The summed E-state index contributed by atoms with van der Waals surface area (Å²) in [5, 5.41) is 0. The van der Waals surface area contributed by atoms with Gasteiger partial charge in [-0.05, 0) is 19.3 Å². The summed E-state index contributed by atoms with van der Waals surface area (Å²) in [4.78, 5) is 0. The summed E-state index contributed by atoms with van der Waals surface area (Å²) in [5.41, 5.74) is 5.80. The van der Waals surface area contributed by atoms with E-state index in [-0.39, 0.29) is 0 Å². The summed E-state index contributed by atoms with van der Waals surface area (Å²) in [6.07, 6.45) is 7.96. The minimum Gasteiger partial charge on any atom is -0.328 e. The van der Waals surface area contributed by atoms with Crippen molar-refractivity contribution in [3.05, 3.63) is 0 Å². The maximum atomic E-state index is 5.80. The molecule has 0 radical (unpaired) electrons. The first-order valence-corrected chi connectivity index (χ1v) is 5.46. The molecule has 0 aliphatic rings. The molecule has 0 fully saturated rings. The topological polar surface area (TPSA) is 26.0 Å². The van der Waals surface area contributed by atoms with E-state index in [0.29, 0.717) is 6.04 Å². The van der Waals surface area contributed by atoms with E-state index >= 15 is 0 Å². The Bertz CT molecular complexity index is 89.0. The monoisotopic (exact) mass is 171 g/mol. The van der Waals surface area contributed by atoms with Gasteiger partial charge in [-0.2, -0.15) is 0 Å². The van der Waals surface area contributed by atoms with Crippen molar-refractivity contribution in [2.75, 3.05) is 0 Å². The average molecular weight is 171 g/mol. The third-order valence-corrected chi connectivity index (χ3v) is 2.37. The zero-order valence-corrected chi connectivity index (χ0v) is 8.97. The van der Waals surface area contributed by atoms with Crippen molar-refractivity contribution in [3.63, 3.8) is 0 Å². The zero-order valence-electron chi connectivity index (χ0n) is 8.97. The Morgan fingerprint density at radius 2 is 1.75 bits per heavy atom. The summed E-state index contributed by atoms with van der Waals surface area (Å²) in [7, 11) is 0. The lowest BCUT2D eigenvalue weighted by molar-refractivity contribution is 0.377. The molecule has 2 N–H and O–H groups in total. The Morgan fingerprint density at radius 1 is 1.08 bits per heavy atom. The zero-order chi connectivity index (χ0) is 9.40. The normalized spacial score (nSPS) is 16.0. The van der Waals surface area contributed by atoms with Gasteiger partial charge in [0.25, 0.3) is 0 Å².